The summed E-state index contributed by atoms with van der Waals surface area (Å²) in [5, 5.41) is 8.30. The van der Waals surface area contributed by atoms with Crippen molar-refractivity contribution in [1.29, 1.82) is 0 Å². The van der Waals surface area contributed by atoms with Gasteiger partial charge in [-0.25, -0.2) is 9.97 Å². The molecule has 4 heterocycles. The predicted octanol–water partition coefficient (Wildman–Crippen LogP) is 4.01. The van der Waals surface area contributed by atoms with Crippen LogP contribution in [-0.4, -0.2) is 49.6 Å². The molecule has 10 heteroatoms. The normalized spacial score (nSPS) is 14.0. The number of pyridine rings is 1. The fraction of sp³-hybridized carbons (Fsp3) is 0.348. The van der Waals surface area contributed by atoms with Gasteiger partial charge in [0.05, 0.1) is 34.8 Å². The summed E-state index contributed by atoms with van der Waals surface area (Å²) in [7, 11) is 2.12. The summed E-state index contributed by atoms with van der Waals surface area (Å²) in [5.41, 5.74) is 3.62. The summed E-state index contributed by atoms with van der Waals surface area (Å²) in [5.74, 6) is 0.769. The molecule has 1 saturated carbocycles. The average molecular weight is 442 g/mol. The molecule has 0 spiro atoms. The van der Waals surface area contributed by atoms with Crippen molar-refractivity contribution in [2.75, 3.05) is 11.9 Å². The highest BCUT2D eigenvalue weighted by atomic mass is 16.5. The van der Waals surface area contributed by atoms with Gasteiger partial charge >= 0.3 is 6.01 Å². The van der Waals surface area contributed by atoms with Gasteiger partial charge in [-0.15, -0.1) is 0 Å². The van der Waals surface area contributed by atoms with Gasteiger partial charge in [-0.3, -0.25) is 4.79 Å². The van der Waals surface area contributed by atoms with E-state index in [4.69, 9.17) is 4.74 Å². The predicted molar refractivity (Wildman–Crippen MR) is 127 cm³/mol. The lowest BCUT2D eigenvalue weighted by Crippen LogP contribution is -2.14. The molecule has 5 rings (SSSR count). The van der Waals surface area contributed by atoms with Gasteiger partial charge in [0, 0.05) is 30.0 Å². The number of hydrogen-bond donors (Lipinski definition) is 2. The summed E-state index contributed by atoms with van der Waals surface area (Å²) >= 11 is 0. The monoisotopic (exact) mass is 442 g/mol. The third kappa shape index (κ3) is 4.60. The molecule has 4 aromatic heterocycles. The van der Waals surface area contributed by atoms with Crippen molar-refractivity contribution in [3.05, 3.63) is 48.0 Å². The van der Waals surface area contributed by atoms with Gasteiger partial charge in [0.25, 0.3) is 13.3 Å². The van der Waals surface area contributed by atoms with E-state index in [1.165, 1.54) is 25.7 Å². The number of ether oxygens (including phenoxy) is 1. The van der Waals surface area contributed by atoms with Gasteiger partial charge in [0.2, 0.25) is 0 Å². The summed E-state index contributed by atoms with van der Waals surface area (Å²) in [4.78, 5) is 29.1. The first-order valence-electron chi connectivity index (χ1n) is 11.3. The van der Waals surface area contributed by atoms with Crippen molar-refractivity contribution in [1.82, 2.24) is 29.6 Å². The van der Waals surface area contributed by atoms with Crippen LogP contribution in [0.1, 0.15) is 48.7 Å². The smallest absolute Gasteiger partial charge is 0.316 e. The lowest BCUT2D eigenvalue weighted by atomic mass is 9.74. The number of fused-ring (bicyclic) bond motifs is 1. The van der Waals surface area contributed by atoms with Gasteiger partial charge < -0.3 is 19.6 Å². The zero-order chi connectivity index (χ0) is 22.8. The number of rotatable bonds is 7. The van der Waals surface area contributed by atoms with Crippen LogP contribution in [0, 0.1) is 6.92 Å². The number of nitrogens with zero attached hydrogens (tertiary/aromatic N) is 5. The molecule has 4 aromatic rings. The molecule has 1 fully saturated rings. The Morgan fingerprint density at radius 1 is 1.30 bits per heavy atom. The summed E-state index contributed by atoms with van der Waals surface area (Å²) < 4.78 is 7.17. The minimum atomic E-state index is -0.227. The molecule has 0 aromatic carbocycles. The van der Waals surface area contributed by atoms with E-state index in [1.54, 1.807) is 23.2 Å². The maximum absolute atomic E-state index is 12.9. The maximum Gasteiger partial charge on any atom is 0.316 e. The Morgan fingerprint density at radius 2 is 2.15 bits per heavy atom. The largest absolute Gasteiger partial charge is 0.464 e. The van der Waals surface area contributed by atoms with E-state index in [-0.39, 0.29) is 5.91 Å². The van der Waals surface area contributed by atoms with E-state index >= 15 is 0 Å². The van der Waals surface area contributed by atoms with Gasteiger partial charge in [-0.1, -0.05) is 25.7 Å². The van der Waals surface area contributed by atoms with Crippen LogP contribution in [0.25, 0.3) is 22.3 Å². The van der Waals surface area contributed by atoms with Gasteiger partial charge in [0.15, 0.2) is 0 Å². The number of anilines is 1. The first-order valence-corrected chi connectivity index (χ1v) is 11.3. The number of H-pyrrole nitrogens is 1. The molecule has 1 amide bonds. The lowest BCUT2D eigenvalue weighted by Gasteiger charge is -2.05. The summed E-state index contributed by atoms with van der Waals surface area (Å²) in [6.07, 6.45) is 10.1. The van der Waals surface area contributed by atoms with E-state index in [1.807, 2.05) is 32.0 Å². The number of carbonyl (C=O) groups is 1. The van der Waals surface area contributed by atoms with Gasteiger partial charge in [-0.2, -0.15) is 10.1 Å². The molecule has 1 radical (unpaired) electrons. The quantitative estimate of drug-likeness (QED) is 0.419. The Hall–Kier alpha value is -3.69. The highest BCUT2D eigenvalue weighted by molar-refractivity contribution is 6.35. The maximum atomic E-state index is 12.9. The van der Waals surface area contributed by atoms with E-state index in [0.717, 1.165) is 22.3 Å². The van der Waals surface area contributed by atoms with E-state index in [0.29, 0.717) is 35.5 Å². The van der Waals surface area contributed by atoms with Crippen LogP contribution in [0.2, 0.25) is 5.82 Å². The molecule has 33 heavy (non-hydrogen) atoms. The molecule has 1 aliphatic carbocycles. The number of nitrogens with one attached hydrogen (secondary N) is 2. The fourth-order valence-electron chi connectivity index (χ4n) is 4.21. The standard InChI is InChI=1S/C23H25BN7O2/c1-3-33-23-25-9-8-18(28-23)20-10-15-12-26-21(11-19(15)27-20)29-22(32)17-13-31(30-14(17)2)24-16-6-4-5-7-16/h8-13,16,27H,3-7H2,1-2H3,(H,26,29,32). The van der Waals surface area contributed by atoms with Crippen LogP contribution in [0.15, 0.2) is 36.8 Å². The minimum absolute atomic E-state index is 0.227. The molecule has 167 valence electrons. The molecule has 0 bridgehead atoms. The topological polar surface area (TPSA) is 111 Å². The first-order chi connectivity index (χ1) is 16.1. The first kappa shape index (κ1) is 21.2. The van der Waals surface area contributed by atoms with Crippen LogP contribution in [0.3, 0.4) is 0 Å². The Bertz CT molecular complexity index is 1290. The third-order valence-electron chi connectivity index (χ3n) is 5.85. The molecule has 0 unspecified atom stereocenters. The van der Waals surface area contributed by atoms with Crippen LogP contribution >= 0.6 is 0 Å². The molecular formula is C23H25BN7O2. The average Bonchev–Trinajstić information content (AvgIpc) is 3.54. The molecule has 2 N–H and O–H groups in total. The van der Waals surface area contributed by atoms with Crippen LogP contribution < -0.4 is 10.1 Å². The van der Waals surface area contributed by atoms with E-state index in [9.17, 15) is 4.79 Å². The highest BCUT2D eigenvalue weighted by Crippen LogP contribution is 2.29. The van der Waals surface area contributed by atoms with Crippen LogP contribution in [-0.2, 0) is 0 Å². The number of aromatic nitrogens is 6. The Balaban J connectivity index is 1.33. The second kappa shape index (κ2) is 9.05. The number of aromatic amines is 1. The minimum Gasteiger partial charge on any atom is -0.464 e. The highest BCUT2D eigenvalue weighted by Gasteiger charge is 2.21. The number of carbonyl (C=O) groups excluding carboxylic acids is 1. The summed E-state index contributed by atoms with van der Waals surface area (Å²) in [6, 6.07) is 5.91. The van der Waals surface area contributed by atoms with Crippen LogP contribution in [0.5, 0.6) is 6.01 Å². The van der Waals surface area contributed by atoms with Gasteiger partial charge in [-0.05, 0) is 31.8 Å². The SMILES string of the molecule is CCOc1nccc(-c2cc3cnc(NC(=O)c4cn([B]C5CCCC5)nc4C)cc3[nH]2)n1. The van der Waals surface area contributed by atoms with Crippen molar-refractivity contribution in [3.8, 4) is 17.4 Å². The van der Waals surface area contributed by atoms with Crippen molar-refractivity contribution >= 4 is 30.0 Å². The van der Waals surface area contributed by atoms with Crippen molar-refractivity contribution in [2.24, 2.45) is 0 Å². The van der Waals surface area contributed by atoms with E-state index in [2.05, 4.69) is 37.8 Å². The zero-order valence-corrected chi connectivity index (χ0v) is 18.7. The molecule has 0 aliphatic heterocycles. The third-order valence-corrected chi connectivity index (χ3v) is 5.85. The number of aryl methyl sites for hydroxylation is 1. The molecular weight excluding hydrogens is 417 g/mol. The molecule has 9 nitrogen and oxygen atoms in total. The van der Waals surface area contributed by atoms with Crippen molar-refractivity contribution in [3.63, 3.8) is 0 Å². The van der Waals surface area contributed by atoms with Crippen molar-refractivity contribution < 1.29 is 9.53 Å². The lowest BCUT2D eigenvalue weighted by molar-refractivity contribution is 0.102. The van der Waals surface area contributed by atoms with E-state index < -0.39 is 0 Å². The van der Waals surface area contributed by atoms with Crippen molar-refractivity contribution in [2.45, 2.75) is 45.3 Å². The number of amides is 1. The van der Waals surface area contributed by atoms with Crippen LogP contribution in [0.4, 0.5) is 5.82 Å². The Labute approximate surface area is 192 Å². The molecule has 1 aliphatic rings. The molecule has 0 saturated heterocycles. The fourth-order valence-corrected chi connectivity index (χ4v) is 4.21. The summed E-state index contributed by atoms with van der Waals surface area (Å²) in [6.45, 7) is 4.24. The van der Waals surface area contributed by atoms with Gasteiger partial charge in [0.1, 0.15) is 5.82 Å². The second-order valence-corrected chi connectivity index (χ2v) is 8.25. The molecule has 0 atom stereocenters. The second-order valence-electron chi connectivity index (χ2n) is 8.25. The Morgan fingerprint density at radius 3 is 2.97 bits per heavy atom. The zero-order valence-electron chi connectivity index (χ0n) is 18.7. The number of hydrogen-bond acceptors (Lipinski definition) is 6. The Kier molecular flexibility index (Phi) is 5.81.